The third-order valence-corrected chi connectivity index (χ3v) is 5.12. The lowest BCUT2D eigenvalue weighted by atomic mass is 9.87. The molecule has 0 saturated heterocycles. The summed E-state index contributed by atoms with van der Waals surface area (Å²) in [6.07, 6.45) is -0.415. The number of fused-ring (bicyclic) bond motifs is 2. The first kappa shape index (κ1) is 17.0. The van der Waals surface area contributed by atoms with Crippen LogP contribution in [-0.2, 0) is 10.4 Å². The SMILES string of the molecule is O=C(C[C@]1(O)C(=O)Nc2cc(Cl)cc(Cl)c21)c1cccc2ccccc12. The van der Waals surface area contributed by atoms with Crippen molar-refractivity contribution in [1.29, 1.82) is 0 Å². The number of rotatable bonds is 3. The Bertz CT molecular complexity index is 1070. The Morgan fingerprint density at radius 1 is 1.08 bits per heavy atom. The minimum Gasteiger partial charge on any atom is -0.375 e. The lowest BCUT2D eigenvalue weighted by Gasteiger charge is -2.21. The van der Waals surface area contributed by atoms with E-state index in [1.165, 1.54) is 12.1 Å². The van der Waals surface area contributed by atoms with E-state index in [-0.39, 0.29) is 16.4 Å². The predicted molar refractivity (Wildman–Crippen MR) is 102 cm³/mol. The minimum absolute atomic E-state index is 0.138. The van der Waals surface area contributed by atoms with Crippen molar-refractivity contribution in [3.05, 3.63) is 75.8 Å². The minimum atomic E-state index is -2.04. The topological polar surface area (TPSA) is 66.4 Å². The smallest absolute Gasteiger partial charge is 0.261 e. The number of halogens is 2. The molecule has 2 N–H and O–H groups in total. The first-order chi connectivity index (χ1) is 12.4. The Labute approximate surface area is 159 Å². The maximum absolute atomic E-state index is 12.9. The second kappa shape index (κ2) is 6.09. The average molecular weight is 386 g/mol. The number of amides is 1. The molecule has 0 radical (unpaired) electrons. The number of nitrogens with one attached hydrogen (secondary N) is 1. The van der Waals surface area contributed by atoms with Crippen molar-refractivity contribution in [3.63, 3.8) is 0 Å². The normalized spacial score (nSPS) is 18.7. The van der Waals surface area contributed by atoms with Gasteiger partial charge in [0.1, 0.15) is 0 Å². The number of hydrogen-bond acceptors (Lipinski definition) is 3. The second-order valence-corrected chi connectivity index (χ2v) is 7.09. The molecule has 1 aliphatic heterocycles. The van der Waals surface area contributed by atoms with Gasteiger partial charge in [-0.15, -0.1) is 0 Å². The molecule has 6 heteroatoms. The Morgan fingerprint density at radius 3 is 2.62 bits per heavy atom. The molecule has 1 heterocycles. The number of carbonyl (C=O) groups excluding carboxylic acids is 2. The van der Waals surface area contributed by atoms with Gasteiger partial charge < -0.3 is 10.4 Å². The summed E-state index contributed by atoms with van der Waals surface area (Å²) in [6, 6.07) is 15.8. The van der Waals surface area contributed by atoms with Gasteiger partial charge in [0, 0.05) is 16.1 Å². The van der Waals surface area contributed by atoms with Crippen LogP contribution in [0, 0.1) is 0 Å². The van der Waals surface area contributed by atoms with E-state index in [2.05, 4.69) is 5.32 Å². The molecule has 130 valence electrons. The number of carbonyl (C=O) groups is 2. The molecule has 0 saturated carbocycles. The van der Waals surface area contributed by atoms with Crippen LogP contribution in [0.5, 0.6) is 0 Å². The first-order valence-corrected chi connectivity index (χ1v) is 8.70. The van der Waals surface area contributed by atoms with Gasteiger partial charge in [0.05, 0.1) is 17.1 Å². The van der Waals surface area contributed by atoms with Crippen molar-refractivity contribution < 1.29 is 14.7 Å². The zero-order valence-electron chi connectivity index (χ0n) is 13.4. The van der Waals surface area contributed by atoms with Gasteiger partial charge in [0.2, 0.25) is 0 Å². The molecular weight excluding hydrogens is 373 g/mol. The molecule has 0 bridgehead atoms. The Balaban J connectivity index is 1.78. The molecule has 0 aromatic heterocycles. The molecule has 0 fully saturated rings. The molecule has 26 heavy (non-hydrogen) atoms. The van der Waals surface area contributed by atoms with Gasteiger partial charge in [-0.05, 0) is 22.9 Å². The summed E-state index contributed by atoms with van der Waals surface area (Å²) in [5.41, 5.74) is -1.09. The summed E-state index contributed by atoms with van der Waals surface area (Å²) in [7, 11) is 0. The molecule has 1 aliphatic rings. The highest BCUT2D eigenvalue weighted by Crippen LogP contribution is 2.44. The number of anilines is 1. The van der Waals surface area contributed by atoms with Gasteiger partial charge in [0.15, 0.2) is 11.4 Å². The number of aliphatic hydroxyl groups is 1. The van der Waals surface area contributed by atoms with Crippen molar-refractivity contribution in [3.8, 4) is 0 Å². The lowest BCUT2D eigenvalue weighted by molar-refractivity contribution is -0.133. The van der Waals surface area contributed by atoms with Crippen LogP contribution in [0.2, 0.25) is 10.0 Å². The maximum atomic E-state index is 12.9. The third-order valence-electron chi connectivity index (χ3n) is 4.60. The lowest BCUT2D eigenvalue weighted by Crippen LogP contribution is -2.36. The molecule has 4 nitrogen and oxygen atoms in total. The molecule has 3 aromatic rings. The molecule has 1 amide bonds. The highest BCUT2D eigenvalue weighted by molar-refractivity contribution is 6.36. The van der Waals surface area contributed by atoms with E-state index in [9.17, 15) is 14.7 Å². The number of ketones is 1. The fourth-order valence-corrected chi connectivity index (χ4v) is 4.05. The van der Waals surface area contributed by atoms with E-state index in [1.807, 2.05) is 30.3 Å². The van der Waals surface area contributed by atoms with Crippen LogP contribution < -0.4 is 5.32 Å². The van der Waals surface area contributed by atoms with Gasteiger partial charge in [-0.1, -0.05) is 65.7 Å². The summed E-state index contributed by atoms with van der Waals surface area (Å²) < 4.78 is 0. The Morgan fingerprint density at radius 2 is 1.81 bits per heavy atom. The molecule has 4 rings (SSSR count). The van der Waals surface area contributed by atoms with Crippen LogP contribution in [-0.4, -0.2) is 16.8 Å². The highest BCUT2D eigenvalue weighted by atomic mass is 35.5. The summed E-state index contributed by atoms with van der Waals surface area (Å²) in [4.78, 5) is 25.4. The monoisotopic (exact) mass is 385 g/mol. The van der Waals surface area contributed by atoms with Gasteiger partial charge in [0.25, 0.3) is 5.91 Å². The fourth-order valence-electron chi connectivity index (χ4n) is 3.40. The van der Waals surface area contributed by atoms with Gasteiger partial charge in [-0.3, -0.25) is 9.59 Å². The third kappa shape index (κ3) is 2.58. The van der Waals surface area contributed by atoms with E-state index in [0.717, 1.165) is 10.8 Å². The van der Waals surface area contributed by atoms with Crippen molar-refractivity contribution in [2.45, 2.75) is 12.0 Å². The van der Waals surface area contributed by atoms with E-state index in [0.29, 0.717) is 16.3 Å². The van der Waals surface area contributed by atoms with E-state index in [4.69, 9.17) is 23.2 Å². The zero-order chi connectivity index (χ0) is 18.5. The van der Waals surface area contributed by atoms with Crippen LogP contribution in [0.15, 0.2) is 54.6 Å². The fraction of sp³-hybridized carbons (Fsp3) is 0.100. The summed E-state index contributed by atoms with van der Waals surface area (Å²) in [5.74, 6) is -1.04. The van der Waals surface area contributed by atoms with Crippen LogP contribution in [0.25, 0.3) is 10.8 Å². The van der Waals surface area contributed by atoms with E-state index in [1.54, 1.807) is 12.1 Å². The van der Waals surface area contributed by atoms with Crippen molar-refractivity contribution in [2.75, 3.05) is 5.32 Å². The van der Waals surface area contributed by atoms with E-state index >= 15 is 0 Å². The maximum Gasteiger partial charge on any atom is 0.261 e. The summed E-state index contributed by atoms with van der Waals surface area (Å²) in [5, 5.41) is 15.7. The first-order valence-electron chi connectivity index (χ1n) is 7.94. The average Bonchev–Trinajstić information content (AvgIpc) is 2.84. The molecular formula is C20H13Cl2NO3. The molecule has 0 spiro atoms. The summed E-state index contributed by atoms with van der Waals surface area (Å²) >= 11 is 12.2. The van der Waals surface area contributed by atoms with Gasteiger partial charge >= 0.3 is 0 Å². The van der Waals surface area contributed by atoms with Crippen molar-refractivity contribution in [1.82, 2.24) is 0 Å². The standard InChI is InChI=1S/C20H13Cl2NO3/c21-12-8-15(22)18-16(9-12)23-19(25)20(18,26)10-17(24)14-7-3-5-11-4-1-2-6-13(11)14/h1-9,26H,10H2,(H,23,25)/t20-/m1/s1. The second-order valence-electron chi connectivity index (χ2n) is 6.25. The highest BCUT2D eigenvalue weighted by Gasteiger charge is 2.48. The van der Waals surface area contributed by atoms with Crippen LogP contribution in [0.3, 0.4) is 0 Å². The molecule has 3 aromatic carbocycles. The quantitative estimate of drug-likeness (QED) is 0.649. The van der Waals surface area contributed by atoms with Crippen LogP contribution in [0.1, 0.15) is 22.3 Å². The van der Waals surface area contributed by atoms with Crippen LogP contribution >= 0.6 is 23.2 Å². The van der Waals surface area contributed by atoms with Gasteiger partial charge in [-0.2, -0.15) is 0 Å². The predicted octanol–water partition coefficient (Wildman–Crippen LogP) is 4.56. The molecule has 0 unspecified atom stereocenters. The van der Waals surface area contributed by atoms with Crippen molar-refractivity contribution in [2.24, 2.45) is 0 Å². The number of hydrogen-bond donors (Lipinski definition) is 2. The molecule has 0 aliphatic carbocycles. The van der Waals surface area contributed by atoms with Gasteiger partial charge in [-0.25, -0.2) is 0 Å². The molecule has 1 atom stereocenters. The Hall–Kier alpha value is -2.40. The van der Waals surface area contributed by atoms with Crippen molar-refractivity contribution >= 4 is 51.4 Å². The Kier molecular flexibility index (Phi) is 3.99. The largest absolute Gasteiger partial charge is 0.375 e. The summed E-state index contributed by atoms with van der Waals surface area (Å²) in [6.45, 7) is 0. The number of Topliss-reactive ketones (excluding diaryl/α,β-unsaturated/α-hetero) is 1. The van der Waals surface area contributed by atoms with E-state index < -0.39 is 17.9 Å². The zero-order valence-corrected chi connectivity index (χ0v) is 14.9. The number of benzene rings is 3. The van der Waals surface area contributed by atoms with Crippen LogP contribution in [0.4, 0.5) is 5.69 Å².